The molecule has 0 aliphatic carbocycles. The molecule has 0 aliphatic rings. The Morgan fingerprint density at radius 1 is 1.44 bits per heavy atom. The Balaban J connectivity index is 2.53. The minimum atomic E-state index is -0.860. The summed E-state index contributed by atoms with van der Waals surface area (Å²) in [7, 11) is 1.27. The molecule has 1 heterocycles. The van der Waals surface area contributed by atoms with Crippen molar-refractivity contribution >= 4 is 23.2 Å². The van der Waals surface area contributed by atoms with E-state index in [0.717, 1.165) is 10.9 Å². The van der Waals surface area contributed by atoms with Crippen molar-refractivity contribution in [3.05, 3.63) is 36.0 Å². The Morgan fingerprint density at radius 2 is 2.19 bits per heavy atom. The second-order valence-electron chi connectivity index (χ2n) is 3.43. The second kappa shape index (κ2) is 4.18. The highest BCUT2D eigenvalue weighted by Gasteiger charge is 2.23. The second-order valence-corrected chi connectivity index (χ2v) is 3.43. The smallest absolute Gasteiger partial charge is 0.320 e. The minimum absolute atomic E-state index is 0.542. The van der Waals surface area contributed by atoms with Gasteiger partial charge in [-0.05, 0) is 11.6 Å². The lowest BCUT2D eigenvalue weighted by Gasteiger charge is -2.06. The molecule has 1 aromatic carbocycles. The monoisotopic (exact) mass is 217 g/mol. The van der Waals surface area contributed by atoms with Gasteiger partial charge in [-0.2, -0.15) is 0 Å². The predicted octanol–water partition coefficient (Wildman–Crippen LogP) is 1.62. The van der Waals surface area contributed by atoms with Crippen molar-refractivity contribution in [3.8, 4) is 0 Å². The summed E-state index contributed by atoms with van der Waals surface area (Å²) in [6, 6.07) is 7.49. The van der Waals surface area contributed by atoms with E-state index in [9.17, 15) is 9.59 Å². The maximum Gasteiger partial charge on any atom is 0.320 e. The average molecular weight is 217 g/mol. The number of carbonyl (C=O) groups is 2. The van der Waals surface area contributed by atoms with Crippen LogP contribution in [0.2, 0.25) is 0 Å². The summed E-state index contributed by atoms with van der Waals surface area (Å²) in [5, 5.41) is 0.866. The van der Waals surface area contributed by atoms with Crippen LogP contribution in [0.15, 0.2) is 30.5 Å². The number of fused-ring (bicyclic) bond motifs is 1. The largest absolute Gasteiger partial charge is 0.468 e. The summed E-state index contributed by atoms with van der Waals surface area (Å²) >= 11 is 0. The van der Waals surface area contributed by atoms with E-state index < -0.39 is 11.9 Å². The molecular weight excluding hydrogens is 206 g/mol. The molecule has 0 amide bonds. The van der Waals surface area contributed by atoms with E-state index in [1.54, 1.807) is 6.20 Å². The lowest BCUT2D eigenvalue weighted by Crippen LogP contribution is -2.15. The van der Waals surface area contributed by atoms with E-state index >= 15 is 0 Å². The number of methoxy groups -OCH3 is 1. The summed E-state index contributed by atoms with van der Waals surface area (Å²) in [5.41, 5.74) is 1.55. The molecule has 1 N–H and O–H groups in total. The minimum Gasteiger partial charge on any atom is -0.468 e. The molecule has 1 atom stereocenters. The van der Waals surface area contributed by atoms with Gasteiger partial charge in [0, 0.05) is 17.1 Å². The van der Waals surface area contributed by atoms with Gasteiger partial charge in [-0.1, -0.05) is 18.2 Å². The Bertz CT molecular complexity index is 530. The van der Waals surface area contributed by atoms with Crippen LogP contribution >= 0.6 is 0 Å². The molecule has 0 spiro atoms. The summed E-state index contributed by atoms with van der Waals surface area (Å²) in [6.07, 6.45) is 2.27. The Labute approximate surface area is 92.2 Å². The zero-order valence-electron chi connectivity index (χ0n) is 8.77. The third-order valence-electron chi connectivity index (χ3n) is 2.55. The number of benzene rings is 1. The molecule has 0 fully saturated rings. The number of carbonyl (C=O) groups excluding carboxylic acids is 2. The fourth-order valence-electron chi connectivity index (χ4n) is 1.73. The van der Waals surface area contributed by atoms with Crippen LogP contribution in [0, 0.1) is 0 Å². The summed E-state index contributed by atoms with van der Waals surface area (Å²) in [6.45, 7) is 0. The van der Waals surface area contributed by atoms with E-state index in [0.29, 0.717) is 11.8 Å². The molecule has 0 aliphatic heterocycles. The maximum absolute atomic E-state index is 11.4. The van der Waals surface area contributed by atoms with Crippen molar-refractivity contribution in [3.63, 3.8) is 0 Å². The highest BCUT2D eigenvalue weighted by atomic mass is 16.5. The van der Waals surface area contributed by atoms with Crippen LogP contribution < -0.4 is 0 Å². The molecule has 0 saturated heterocycles. The maximum atomic E-state index is 11.4. The Morgan fingerprint density at radius 3 is 2.88 bits per heavy atom. The highest BCUT2D eigenvalue weighted by Crippen LogP contribution is 2.25. The first-order chi connectivity index (χ1) is 7.77. The number of esters is 1. The first kappa shape index (κ1) is 10.4. The summed E-state index contributed by atoms with van der Waals surface area (Å²) in [5.74, 6) is -1.40. The number of nitrogens with one attached hydrogen (secondary N) is 1. The fraction of sp³-hybridized carbons (Fsp3) is 0.167. The zero-order chi connectivity index (χ0) is 11.5. The number of H-pyrrole nitrogens is 1. The highest BCUT2D eigenvalue weighted by molar-refractivity contribution is 5.99. The molecule has 1 unspecified atom stereocenters. The Hall–Kier alpha value is -2.10. The molecule has 1 aromatic heterocycles. The Kier molecular flexibility index (Phi) is 2.72. The van der Waals surface area contributed by atoms with E-state index in [4.69, 9.17) is 0 Å². The van der Waals surface area contributed by atoms with Gasteiger partial charge < -0.3 is 14.5 Å². The third kappa shape index (κ3) is 1.58. The number of hydrogen-bond donors (Lipinski definition) is 1. The first-order valence-electron chi connectivity index (χ1n) is 4.87. The van der Waals surface area contributed by atoms with Gasteiger partial charge in [0.05, 0.1) is 7.11 Å². The SMILES string of the molecule is COC(=O)C(C=O)c1c[nH]c2ccccc12. The van der Waals surface area contributed by atoms with Gasteiger partial charge in [-0.3, -0.25) is 4.79 Å². The number of aromatic amines is 1. The van der Waals surface area contributed by atoms with Gasteiger partial charge in [-0.25, -0.2) is 0 Å². The summed E-state index contributed by atoms with van der Waals surface area (Å²) in [4.78, 5) is 25.4. The first-order valence-corrected chi connectivity index (χ1v) is 4.87. The normalized spacial score (nSPS) is 12.3. The lowest BCUT2D eigenvalue weighted by atomic mass is 10.0. The van der Waals surface area contributed by atoms with E-state index in [2.05, 4.69) is 9.72 Å². The van der Waals surface area contributed by atoms with Gasteiger partial charge >= 0.3 is 5.97 Å². The molecule has 82 valence electrons. The number of aromatic nitrogens is 1. The fourth-order valence-corrected chi connectivity index (χ4v) is 1.73. The number of ether oxygens (including phenoxy) is 1. The van der Waals surface area contributed by atoms with E-state index in [1.807, 2.05) is 24.3 Å². The third-order valence-corrected chi connectivity index (χ3v) is 2.55. The van der Waals surface area contributed by atoms with Gasteiger partial charge in [-0.15, -0.1) is 0 Å². The number of aldehydes is 1. The molecule has 2 aromatic rings. The van der Waals surface area contributed by atoms with Crippen LogP contribution in [0.4, 0.5) is 0 Å². The standard InChI is InChI=1S/C12H11NO3/c1-16-12(15)10(7-14)9-6-13-11-5-3-2-4-8(9)11/h2-7,10,13H,1H3. The summed E-state index contributed by atoms with van der Waals surface area (Å²) < 4.78 is 4.59. The van der Waals surface area contributed by atoms with Gasteiger partial charge in [0.25, 0.3) is 0 Å². The van der Waals surface area contributed by atoms with Crippen molar-refractivity contribution in [2.45, 2.75) is 5.92 Å². The van der Waals surface area contributed by atoms with Gasteiger partial charge in [0.1, 0.15) is 12.2 Å². The quantitative estimate of drug-likeness (QED) is 0.483. The molecule has 2 rings (SSSR count). The van der Waals surface area contributed by atoms with Crippen molar-refractivity contribution in [2.75, 3.05) is 7.11 Å². The molecule has 0 radical (unpaired) electrons. The van der Waals surface area contributed by atoms with Crippen LogP contribution in [0.25, 0.3) is 10.9 Å². The van der Waals surface area contributed by atoms with Crippen molar-refractivity contribution < 1.29 is 14.3 Å². The molecular formula is C12H11NO3. The number of rotatable bonds is 3. The van der Waals surface area contributed by atoms with Crippen LogP contribution in [0.3, 0.4) is 0 Å². The number of para-hydroxylation sites is 1. The lowest BCUT2D eigenvalue weighted by molar-refractivity contribution is -0.143. The van der Waals surface area contributed by atoms with Crippen molar-refractivity contribution in [2.24, 2.45) is 0 Å². The predicted molar refractivity (Wildman–Crippen MR) is 59.1 cm³/mol. The molecule has 4 nitrogen and oxygen atoms in total. The van der Waals surface area contributed by atoms with E-state index in [-0.39, 0.29) is 0 Å². The van der Waals surface area contributed by atoms with Crippen LogP contribution in [-0.2, 0) is 14.3 Å². The molecule has 0 bridgehead atoms. The van der Waals surface area contributed by atoms with Gasteiger partial charge in [0.2, 0.25) is 0 Å². The van der Waals surface area contributed by atoms with Crippen molar-refractivity contribution in [1.29, 1.82) is 0 Å². The topological polar surface area (TPSA) is 59.2 Å². The molecule has 16 heavy (non-hydrogen) atoms. The van der Waals surface area contributed by atoms with Crippen molar-refractivity contribution in [1.82, 2.24) is 4.98 Å². The number of hydrogen-bond acceptors (Lipinski definition) is 3. The molecule has 4 heteroatoms. The zero-order valence-corrected chi connectivity index (χ0v) is 8.77. The molecule has 0 saturated carbocycles. The van der Waals surface area contributed by atoms with Crippen LogP contribution in [0.1, 0.15) is 11.5 Å². The van der Waals surface area contributed by atoms with Crippen LogP contribution in [-0.4, -0.2) is 24.3 Å². The average Bonchev–Trinajstić information content (AvgIpc) is 2.74. The van der Waals surface area contributed by atoms with E-state index in [1.165, 1.54) is 7.11 Å². The van der Waals surface area contributed by atoms with Gasteiger partial charge in [0.15, 0.2) is 0 Å². The van der Waals surface area contributed by atoms with Crippen LogP contribution in [0.5, 0.6) is 0 Å².